The topological polar surface area (TPSA) is 34.2 Å². The molecule has 2 atom stereocenters. The molecule has 1 saturated heterocycles. The lowest BCUT2D eigenvalue weighted by Crippen LogP contribution is -2.48. The monoisotopic (exact) mass is 275 g/mol. The summed E-state index contributed by atoms with van der Waals surface area (Å²) in [6.07, 6.45) is 7.88. The molecule has 0 saturated carbocycles. The largest absolute Gasteiger partial charge is 0.351 e. The summed E-state index contributed by atoms with van der Waals surface area (Å²) in [6, 6.07) is 9.09. The lowest BCUT2D eigenvalue weighted by Gasteiger charge is -2.37. The van der Waals surface area contributed by atoms with Crippen LogP contribution in [0.5, 0.6) is 0 Å². The van der Waals surface area contributed by atoms with Crippen LogP contribution in [0.25, 0.3) is 0 Å². The van der Waals surface area contributed by atoms with Gasteiger partial charge in [-0.15, -0.1) is 11.3 Å². The van der Waals surface area contributed by atoms with Gasteiger partial charge in [-0.25, -0.2) is 0 Å². The van der Waals surface area contributed by atoms with E-state index >= 15 is 0 Å². The Morgan fingerprint density at radius 3 is 2.79 bits per heavy atom. The van der Waals surface area contributed by atoms with Crippen LogP contribution >= 0.6 is 11.3 Å². The Kier molecular flexibility index (Phi) is 4.01. The lowest BCUT2D eigenvalue weighted by atomic mass is 10.0. The number of likely N-dealkylation sites (tertiary alicyclic amines) is 1. The number of aromatic nitrogens is 1. The van der Waals surface area contributed by atoms with Crippen molar-refractivity contribution in [2.24, 2.45) is 5.73 Å². The fourth-order valence-corrected chi connectivity index (χ4v) is 3.57. The van der Waals surface area contributed by atoms with Gasteiger partial charge in [0.25, 0.3) is 0 Å². The quantitative estimate of drug-likeness (QED) is 0.931. The van der Waals surface area contributed by atoms with Gasteiger partial charge in [-0.3, -0.25) is 4.90 Å². The molecule has 4 heteroatoms. The molecule has 1 aliphatic rings. The Morgan fingerprint density at radius 1 is 1.26 bits per heavy atom. The van der Waals surface area contributed by atoms with Gasteiger partial charge in [-0.1, -0.05) is 6.07 Å². The van der Waals surface area contributed by atoms with E-state index in [1.807, 2.05) is 11.3 Å². The van der Waals surface area contributed by atoms with Crippen LogP contribution in [0.1, 0.15) is 23.8 Å². The van der Waals surface area contributed by atoms with Crippen LogP contribution in [0.2, 0.25) is 0 Å². The van der Waals surface area contributed by atoms with E-state index in [0.717, 1.165) is 25.9 Å². The second-order valence-electron chi connectivity index (χ2n) is 5.24. The number of nitrogens with zero attached hydrogens (tertiary/aromatic N) is 2. The van der Waals surface area contributed by atoms with Crippen molar-refractivity contribution in [1.82, 2.24) is 9.47 Å². The first-order valence-electron chi connectivity index (χ1n) is 6.97. The van der Waals surface area contributed by atoms with Gasteiger partial charge < -0.3 is 10.3 Å². The molecule has 0 radical (unpaired) electrons. The fraction of sp³-hybridized carbons (Fsp3) is 0.467. The molecule has 19 heavy (non-hydrogen) atoms. The minimum Gasteiger partial charge on any atom is -0.351 e. The zero-order valence-electron chi connectivity index (χ0n) is 11.1. The second-order valence-corrected chi connectivity index (χ2v) is 6.27. The van der Waals surface area contributed by atoms with Crippen LogP contribution in [0.4, 0.5) is 0 Å². The summed E-state index contributed by atoms with van der Waals surface area (Å²) in [7, 11) is 0. The molecule has 3 rings (SSSR count). The molecule has 1 aliphatic heterocycles. The molecular weight excluding hydrogens is 254 g/mol. The van der Waals surface area contributed by atoms with Crippen LogP contribution in [0.15, 0.2) is 42.0 Å². The SMILES string of the molecule is NC1CC(n2cccc2)CCN1CCc1cccs1. The van der Waals surface area contributed by atoms with Crippen molar-refractivity contribution < 1.29 is 0 Å². The molecule has 2 N–H and O–H groups in total. The van der Waals surface area contributed by atoms with E-state index in [-0.39, 0.29) is 6.17 Å². The maximum absolute atomic E-state index is 6.33. The highest BCUT2D eigenvalue weighted by molar-refractivity contribution is 7.09. The van der Waals surface area contributed by atoms with Crippen molar-refractivity contribution in [2.75, 3.05) is 13.1 Å². The highest BCUT2D eigenvalue weighted by Gasteiger charge is 2.26. The van der Waals surface area contributed by atoms with E-state index in [1.54, 1.807) is 0 Å². The van der Waals surface area contributed by atoms with E-state index < -0.39 is 0 Å². The van der Waals surface area contributed by atoms with Crippen molar-refractivity contribution in [3.05, 3.63) is 46.9 Å². The van der Waals surface area contributed by atoms with Crippen molar-refractivity contribution in [2.45, 2.75) is 31.5 Å². The molecular formula is C15H21N3S. The smallest absolute Gasteiger partial charge is 0.0591 e. The normalized spacial score (nSPS) is 24.7. The number of hydrogen-bond donors (Lipinski definition) is 1. The van der Waals surface area contributed by atoms with Crippen LogP contribution in [-0.4, -0.2) is 28.7 Å². The third-order valence-electron chi connectivity index (χ3n) is 4.01. The Bertz CT molecular complexity index is 477. The lowest BCUT2D eigenvalue weighted by molar-refractivity contribution is 0.120. The summed E-state index contributed by atoms with van der Waals surface area (Å²) in [5.74, 6) is 0. The molecule has 0 aliphatic carbocycles. The number of thiophene rings is 1. The first-order valence-corrected chi connectivity index (χ1v) is 7.85. The van der Waals surface area contributed by atoms with Crippen molar-refractivity contribution in [3.63, 3.8) is 0 Å². The van der Waals surface area contributed by atoms with Gasteiger partial charge in [0.05, 0.1) is 6.17 Å². The molecule has 3 heterocycles. The van der Waals surface area contributed by atoms with Crippen molar-refractivity contribution >= 4 is 11.3 Å². The standard InChI is InChI=1S/C15H21N3S/c16-15-12-13(17-7-1-2-8-17)5-9-18(15)10-6-14-4-3-11-19-14/h1-4,7-8,11,13,15H,5-6,9-10,12,16H2. The Hall–Kier alpha value is -1.10. The van der Waals surface area contributed by atoms with Gasteiger partial charge >= 0.3 is 0 Å². The average Bonchev–Trinajstić information content (AvgIpc) is 3.10. The van der Waals surface area contributed by atoms with Gasteiger partial charge in [0, 0.05) is 36.4 Å². The highest BCUT2D eigenvalue weighted by Crippen LogP contribution is 2.25. The highest BCUT2D eigenvalue weighted by atomic mass is 32.1. The number of rotatable bonds is 4. The van der Waals surface area contributed by atoms with Gasteiger partial charge in [0.2, 0.25) is 0 Å². The third kappa shape index (κ3) is 3.08. The van der Waals surface area contributed by atoms with Crippen LogP contribution in [0.3, 0.4) is 0 Å². The van der Waals surface area contributed by atoms with Crippen molar-refractivity contribution in [1.29, 1.82) is 0 Å². The third-order valence-corrected chi connectivity index (χ3v) is 4.94. The Labute approximate surface area is 118 Å². The molecule has 2 aromatic rings. The summed E-state index contributed by atoms with van der Waals surface area (Å²) < 4.78 is 2.30. The molecule has 1 fully saturated rings. The Balaban J connectivity index is 1.53. The van der Waals surface area contributed by atoms with E-state index in [2.05, 4.69) is 51.5 Å². The van der Waals surface area contributed by atoms with E-state index in [1.165, 1.54) is 11.3 Å². The van der Waals surface area contributed by atoms with E-state index in [4.69, 9.17) is 5.73 Å². The summed E-state index contributed by atoms with van der Waals surface area (Å²) in [6.45, 7) is 2.19. The molecule has 102 valence electrons. The Morgan fingerprint density at radius 2 is 2.11 bits per heavy atom. The van der Waals surface area contributed by atoms with Crippen LogP contribution in [0, 0.1) is 0 Å². The molecule has 2 unspecified atom stereocenters. The van der Waals surface area contributed by atoms with E-state index in [0.29, 0.717) is 6.04 Å². The summed E-state index contributed by atoms with van der Waals surface area (Å²) in [4.78, 5) is 3.89. The number of nitrogens with two attached hydrogens (primary N) is 1. The minimum absolute atomic E-state index is 0.195. The van der Waals surface area contributed by atoms with Gasteiger partial charge in [0.15, 0.2) is 0 Å². The number of hydrogen-bond acceptors (Lipinski definition) is 3. The summed E-state index contributed by atoms with van der Waals surface area (Å²) >= 11 is 1.84. The zero-order chi connectivity index (χ0) is 13.1. The van der Waals surface area contributed by atoms with Gasteiger partial charge in [-0.2, -0.15) is 0 Å². The molecule has 0 aromatic carbocycles. The van der Waals surface area contributed by atoms with Gasteiger partial charge in [0.1, 0.15) is 0 Å². The summed E-state index contributed by atoms with van der Waals surface area (Å²) in [5.41, 5.74) is 6.33. The zero-order valence-corrected chi connectivity index (χ0v) is 11.9. The second kappa shape index (κ2) is 5.90. The average molecular weight is 275 g/mol. The molecule has 3 nitrogen and oxygen atoms in total. The predicted octanol–water partition coefficient (Wildman–Crippen LogP) is 2.71. The minimum atomic E-state index is 0.195. The first kappa shape index (κ1) is 12.9. The van der Waals surface area contributed by atoms with Gasteiger partial charge in [-0.05, 0) is 42.8 Å². The molecule has 2 aromatic heterocycles. The molecule has 0 amide bonds. The predicted molar refractivity (Wildman–Crippen MR) is 80.3 cm³/mol. The maximum atomic E-state index is 6.33. The summed E-state index contributed by atoms with van der Waals surface area (Å²) in [5, 5.41) is 2.15. The van der Waals surface area contributed by atoms with Crippen molar-refractivity contribution in [3.8, 4) is 0 Å². The first-order chi connectivity index (χ1) is 9.33. The van der Waals surface area contributed by atoms with E-state index in [9.17, 15) is 0 Å². The van der Waals surface area contributed by atoms with Crippen LogP contribution in [-0.2, 0) is 6.42 Å². The van der Waals surface area contributed by atoms with Crippen LogP contribution < -0.4 is 5.73 Å². The maximum Gasteiger partial charge on any atom is 0.0591 e. The fourth-order valence-electron chi connectivity index (χ4n) is 2.87. The molecule has 0 spiro atoms. The number of piperidine rings is 1. The molecule has 0 bridgehead atoms.